The van der Waals surface area contributed by atoms with Gasteiger partial charge in [-0.05, 0) is 31.7 Å². The van der Waals surface area contributed by atoms with E-state index in [0.717, 1.165) is 0 Å². The van der Waals surface area contributed by atoms with Crippen molar-refractivity contribution in [1.29, 1.82) is 0 Å². The van der Waals surface area contributed by atoms with E-state index >= 15 is 4.39 Å². The van der Waals surface area contributed by atoms with Gasteiger partial charge in [0.15, 0.2) is 30.5 Å². The maximum Gasteiger partial charge on any atom is 0.186 e. The summed E-state index contributed by atoms with van der Waals surface area (Å²) in [5, 5.41) is 51.4. The van der Waals surface area contributed by atoms with Gasteiger partial charge in [0, 0.05) is 19.0 Å². The number of ketones is 1. The molecule has 2 aliphatic heterocycles. The van der Waals surface area contributed by atoms with Gasteiger partial charge in [-0.2, -0.15) is 0 Å². The molecule has 244 valence electrons. The highest BCUT2D eigenvalue weighted by atomic mass is 19.1. The van der Waals surface area contributed by atoms with Gasteiger partial charge in [-0.1, -0.05) is 0 Å². The highest BCUT2D eigenvalue weighted by Gasteiger charge is 2.52. The number of aliphatic hydroxyl groups excluding tert-OH is 5. The molecular weight excluding hydrogens is 565 g/mol. The molecule has 0 amide bonds. The van der Waals surface area contributed by atoms with Crippen molar-refractivity contribution < 1.29 is 53.7 Å². The summed E-state index contributed by atoms with van der Waals surface area (Å²) in [6, 6.07) is -3.24. The Morgan fingerprint density at radius 2 is 1.62 bits per heavy atom. The van der Waals surface area contributed by atoms with E-state index in [1.807, 2.05) is 0 Å². The van der Waals surface area contributed by atoms with Crippen molar-refractivity contribution in [2.45, 2.75) is 111 Å². The normalized spacial score (nSPS) is 43.5. The van der Waals surface area contributed by atoms with Crippen LogP contribution >= 0.6 is 0 Å². The molecule has 0 aromatic heterocycles. The van der Waals surface area contributed by atoms with Crippen molar-refractivity contribution in [1.82, 2.24) is 0 Å². The first-order valence-corrected chi connectivity index (χ1v) is 13.9. The van der Waals surface area contributed by atoms with Gasteiger partial charge < -0.3 is 78.9 Å². The number of hydrogen-bond acceptors (Lipinski definition) is 15. The highest BCUT2D eigenvalue weighted by Crippen LogP contribution is 2.37. The molecule has 1 aliphatic carbocycles. The van der Waals surface area contributed by atoms with Gasteiger partial charge >= 0.3 is 0 Å². The Kier molecular flexibility index (Phi) is 12.8. The number of aliphatic imine (C=N–C) groups is 1. The first kappa shape index (κ1) is 34.8. The van der Waals surface area contributed by atoms with E-state index in [-0.39, 0.29) is 38.8 Å². The van der Waals surface area contributed by atoms with Crippen LogP contribution in [0.2, 0.25) is 0 Å². The number of guanidine groups is 1. The molecule has 3 aliphatic rings. The lowest BCUT2D eigenvalue weighted by Gasteiger charge is -2.47. The summed E-state index contributed by atoms with van der Waals surface area (Å²) < 4.78 is 39.4. The van der Waals surface area contributed by atoms with E-state index in [4.69, 9.17) is 53.3 Å². The fraction of sp³-hybridized carbons (Fsp3) is 0.917. The molecule has 2 saturated heterocycles. The third-order valence-electron chi connectivity index (χ3n) is 7.93. The fourth-order valence-electron chi connectivity index (χ4n) is 5.64. The zero-order valence-electron chi connectivity index (χ0n) is 23.2. The highest BCUT2D eigenvalue weighted by molar-refractivity contribution is 5.83. The zero-order chi connectivity index (χ0) is 31.3. The Morgan fingerprint density at radius 1 is 0.976 bits per heavy atom. The number of halogens is 1. The standard InChI is InChI=1S/C24H46FN7O10/c25-16-20(41-23-19(38)17(32-24(30)31)18(37)15(7-33)40-23)8(4-12(35)11(34)1-2-26)3-9(28)21(16)42-22-10(29)5-13(36)14(6-27)39-22/h8-11,13-23,33-34,36-38H,1-7,26-29H2,(H4,30,31,32)/t8-,9?,10?,11-,13-,14?,15+,16+,17?,18+,19+,20?,21+,22+,23?/m0/s1. The number of Topliss-reactive ketones (excluding diaryl/α,β-unsaturated/α-hetero) is 1. The molecule has 0 aromatic carbocycles. The third kappa shape index (κ3) is 8.08. The lowest BCUT2D eigenvalue weighted by atomic mass is 9.77. The minimum Gasteiger partial charge on any atom is -0.394 e. The number of nitrogens with zero attached hydrogens (tertiary/aromatic N) is 1. The second-order valence-corrected chi connectivity index (χ2v) is 11.1. The molecule has 15 atom stereocenters. The van der Waals surface area contributed by atoms with Crippen LogP contribution in [0.25, 0.3) is 0 Å². The molecule has 17 nitrogen and oxygen atoms in total. The van der Waals surface area contributed by atoms with Crippen LogP contribution in [-0.2, 0) is 23.7 Å². The second-order valence-electron chi connectivity index (χ2n) is 11.1. The van der Waals surface area contributed by atoms with Crippen LogP contribution in [0.5, 0.6) is 0 Å². The summed E-state index contributed by atoms with van der Waals surface area (Å²) >= 11 is 0. The van der Waals surface area contributed by atoms with Gasteiger partial charge in [0.05, 0.1) is 31.0 Å². The van der Waals surface area contributed by atoms with E-state index in [9.17, 15) is 30.3 Å². The van der Waals surface area contributed by atoms with Crippen molar-refractivity contribution in [2.75, 3.05) is 19.7 Å². The number of rotatable bonds is 12. The molecule has 3 rings (SSSR count). The smallest absolute Gasteiger partial charge is 0.186 e. The van der Waals surface area contributed by atoms with Crippen LogP contribution in [0.15, 0.2) is 4.99 Å². The first-order chi connectivity index (χ1) is 19.8. The Balaban J connectivity index is 1.88. The van der Waals surface area contributed by atoms with Gasteiger partial charge in [0.1, 0.15) is 36.6 Å². The maximum absolute atomic E-state index is 16.4. The van der Waals surface area contributed by atoms with E-state index in [1.165, 1.54) is 0 Å². The minimum atomic E-state index is -2.06. The first-order valence-electron chi connectivity index (χ1n) is 13.9. The zero-order valence-corrected chi connectivity index (χ0v) is 23.2. The number of hydrogen-bond donors (Lipinski definition) is 11. The maximum atomic E-state index is 16.4. The predicted molar refractivity (Wildman–Crippen MR) is 144 cm³/mol. The Bertz CT molecular complexity index is 908. The van der Waals surface area contributed by atoms with Crippen molar-refractivity contribution in [3.8, 4) is 0 Å². The van der Waals surface area contributed by atoms with Gasteiger partial charge in [-0.25, -0.2) is 9.38 Å². The summed E-state index contributed by atoms with van der Waals surface area (Å²) in [5.74, 6) is -2.04. The van der Waals surface area contributed by atoms with Crippen molar-refractivity contribution in [2.24, 2.45) is 45.3 Å². The average molecular weight is 612 g/mol. The summed E-state index contributed by atoms with van der Waals surface area (Å²) in [6.45, 7) is -0.725. The summed E-state index contributed by atoms with van der Waals surface area (Å²) in [7, 11) is 0. The molecule has 0 bridgehead atoms. The Morgan fingerprint density at radius 3 is 2.21 bits per heavy atom. The van der Waals surface area contributed by atoms with Gasteiger partial charge in [0.2, 0.25) is 0 Å². The van der Waals surface area contributed by atoms with Crippen LogP contribution in [0, 0.1) is 5.92 Å². The number of ether oxygens (including phenoxy) is 4. The quantitative estimate of drug-likeness (QED) is 0.0722. The van der Waals surface area contributed by atoms with Crippen molar-refractivity contribution in [3.05, 3.63) is 0 Å². The summed E-state index contributed by atoms with van der Waals surface area (Å²) in [6.07, 6.45) is -15.9. The largest absolute Gasteiger partial charge is 0.394 e. The van der Waals surface area contributed by atoms with E-state index in [0.29, 0.717) is 0 Å². The third-order valence-corrected chi connectivity index (χ3v) is 7.93. The average Bonchev–Trinajstić information content (AvgIpc) is 2.93. The second kappa shape index (κ2) is 15.4. The lowest BCUT2D eigenvalue weighted by molar-refractivity contribution is -0.313. The molecule has 42 heavy (non-hydrogen) atoms. The number of alkyl halides is 1. The molecule has 2 heterocycles. The molecule has 0 aromatic rings. The molecular formula is C24H46FN7O10. The minimum absolute atomic E-state index is 0.0142. The van der Waals surface area contributed by atoms with Crippen LogP contribution in [0.4, 0.5) is 4.39 Å². The van der Waals surface area contributed by atoms with Crippen LogP contribution in [-0.4, -0.2) is 143 Å². The number of carbonyl (C=O) groups excluding carboxylic acids is 1. The van der Waals surface area contributed by atoms with Crippen LogP contribution < -0.4 is 34.4 Å². The molecule has 1 saturated carbocycles. The summed E-state index contributed by atoms with van der Waals surface area (Å²) in [4.78, 5) is 16.6. The topological polar surface area (TPSA) is 324 Å². The number of nitrogens with two attached hydrogens (primary N) is 6. The van der Waals surface area contributed by atoms with E-state index in [2.05, 4.69) is 4.99 Å². The molecule has 18 heteroatoms. The van der Waals surface area contributed by atoms with Crippen molar-refractivity contribution >= 4 is 11.7 Å². The van der Waals surface area contributed by atoms with Gasteiger partial charge in [-0.15, -0.1) is 0 Å². The molecule has 0 radical (unpaired) electrons. The predicted octanol–water partition coefficient (Wildman–Crippen LogP) is -6.05. The van der Waals surface area contributed by atoms with Gasteiger partial charge in [-0.3, -0.25) is 4.79 Å². The van der Waals surface area contributed by atoms with Gasteiger partial charge in [0.25, 0.3) is 0 Å². The molecule has 3 fully saturated rings. The fourth-order valence-corrected chi connectivity index (χ4v) is 5.64. The summed E-state index contributed by atoms with van der Waals surface area (Å²) in [5.41, 5.74) is 34.4. The SMILES string of the molecule is NCC[C@H](O)C(=O)C[C@@H]1CC(N)[C@@H](O[C@H]2OC(CN)[C@@H](O)CC2N)[C@H](F)C1OC1O[C@H](CO)[C@@H](O)C(N=C(N)N)[C@H]1O. The monoisotopic (exact) mass is 611 g/mol. The lowest BCUT2D eigenvalue weighted by Crippen LogP contribution is -2.64. The number of aliphatic hydroxyl groups is 5. The molecule has 0 spiro atoms. The Labute approximate surface area is 242 Å². The Hall–Kier alpha value is -1.65. The number of carbonyl (C=O) groups is 1. The molecule has 17 N–H and O–H groups in total. The molecule has 6 unspecified atom stereocenters. The van der Waals surface area contributed by atoms with Crippen molar-refractivity contribution in [3.63, 3.8) is 0 Å². The van der Waals surface area contributed by atoms with E-state index < -0.39 is 110 Å². The van der Waals surface area contributed by atoms with Crippen LogP contribution in [0.3, 0.4) is 0 Å². The van der Waals surface area contributed by atoms with E-state index in [1.54, 1.807) is 0 Å². The van der Waals surface area contributed by atoms with Crippen LogP contribution in [0.1, 0.15) is 25.7 Å².